The number of para-hydroxylation sites is 1. The van der Waals surface area contributed by atoms with Gasteiger partial charge in [-0.3, -0.25) is 0 Å². The van der Waals surface area contributed by atoms with Crippen LogP contribution in [-0.4, -0.2) is 7.11 Å². The number of methoxy groups -OCH3 is 1. The van der Waals surface area contributed by atoms with Crippen LogP contribution in [0, 0.1) is 16.5 Å². The first-order chi connectivity index (χ1) is 7.27. The Balaban J connectivity index is 2.93. The summed E-state index contributed by atoms with van der Waals surface area (Å²) in [5, 5.41) is 21.2. The molecule has 0 N–H and O–H groups in total. The number of hydrogen-bond acceptors (Lipinski definition) is 3. The molecule has 0 atom stereocenters. The van der Waals surface area contributed by atoms with Crippen LogP contribution in [0.1, 0.15) is 5.56 Å². The van der Waals surface area contributed by atoms with E-state index in [0.717, 1.165) is 0 Å². The summed E-state index contributed by atoms with van der Waals surface area (Å²) in [5.41, 5.74) is 0.857. The Kier molecular flexibility index (Phi) is 2.14. The second kappa shape index (κ2) is 3.46. The third kappa shape index (κ3) is 1.34. The first-order valence-electron chi connectivity index (χ1n) is 4.37. The minimum atomic E-state index is 0.297. The summed E-state index contributed by atoms with van der Waals surface area (Å²) in [5.74, 6) is 0.297. The molecule has 2 aromatic rings. The summed E-state index contributed by atoms with van der Waals surface area (Å²) in [6, 6.07) is 8.97. The van der Waals surface area contributed by atoms with Crippen LogP contribution in [0.5, 0.6) is 5.75 Å². The molecule has 4 nitrogen and oxygen atoms in total. The Bertz CT molecular complexity index is 558. The predicted octanol–water partition coefficient (Wildman–Crippen LogP) is 1.35. The van der Waals surface area contributed by atoms with Gasteiger partial charge in [0, 0.05) is 6.07 Å². The normalized spacial score (nSPS) is 9.87. The Morgan fingerprint density at radius 2 is 2.13 bits per heavy atom. The molecule has 0 saturated heterocycles. The van der Waals surface area contributed by atoms with Gasteiger partial charge in [-0.2, -0.15) is 9.99 Å². The molecule has 15 heavy (non-hydrogen) atoms. The van der Waals surface area contributed by atoms with Gasteiger partial charge in [-0.25, -0.2) is 0 Å². The lowest BCUT2D eigenvalue weighted by atomic mass is 10.1. The molecule has 1 aromatic carbocycles. The first kappa shape index (κ1) is 9.28. The van der Waals surface area contributed by atoms with Crippen molar-refractivity contribution >= 4 is 10.9 Å². The Hall–Kier alpha value is -2.28. The first-order valence-corrected chi connectivity index (χ1v) is 4.37. The van der Waals surface area contributed by atoms with Crippen molar-refractivity contribution in [2.75, 3.05) is 7.11 Å². The lowest BCUT2D eigenvalue weighted by Gasteiger charge is -2.06. The van der Waals surface area contributed by atoms with Crippen molar-refractivity contribution < 1.29 is 9.47 Å². The van der Waals surface area contributed by atoms with Crippen molar-refractivity contribution in [3.63, 3.8) is 0 Å². The van der Waals surface area contributed by atoms with Gasteiger partial charge in [0.05, 0.1) is 12.5 Å². The molecule has 4 heteroatoms. The quantitative estimate of drug-likeness (QED) is 0.515. The fourth-order valence-electron chi connectivity index (χ4n) is 1.52. The van der Waals surface area contributed by atoms with E-state index in [2.05, 4.69) is 0 Å². The van der Waals surface area contributed by atoms with Crippen molar-refractivity contribution in [1.29, 1.82) is 5.26 Å². The van der Waals surface area contributed by atoms with Crippen LogP contribution >= 0.6 is 0 Å². The van der Waals surface area contributed by atoms with E-state index in [9.17, 15) is 5.21 Å². The number of aromatic nitrogens is 1. The van der Waals surface area contributed by atoms with E-state index in [4.69, 9.17) is 10.00 Å². The number of hydrogen-bond donors (Lipinski definition) is 0. The third-order valence-corrected chi connectivity index (χ3v) is 2.22. The van der Waals surface area contributed by atoms with E-state index in [1.54, 1.807) is 24.3 Å². The average Bonchev–Trinajstić information content (AvgIpc) is 2.29. The molecule has 0 aliphatic heterocycles. The highest BCUT2D eigenvalue weighted by molar-refractivity contribution is 5.84. The van der Waals surface area contributed by atoms with Crippen LogP contribution in [0.15, 0.2) is 30.5 Å². The summed E-state index contributed by atoms with van der Waals surface area (Å²) in [6.07, 6.45) is 1.26. The zero-order valence-corrected chi connectivity index (χ0v) is 8.10. The van der Waals surface area contributed by atoms with Crippen molar-refractivity contribution in [1.82, 2.24) is 0 Å². The minimum absolute atomic E-state index is 0.297. The van der Waals surface area contributed by atoms with E-state index < -0.39 is 0 Å². The predicted molar refractivity (Wildman–Crippen MR) is 54.2 cm³/mol. The van der Waals surface area contributed by atoms with Crippen molar-refractivity contribution in [3.05, 3.63) is 41.2 Å². The maximum Gasteiger partial charge on any atom is 0.225 e. The monoisotopic (exact) mass is 200 g/mol. The highest BCUT2D eigenvalue weighted by Crippen LogP contribution is 2.23. The molecule has 0 unspecified atom stereocenters. The van der Waals surface area contributed by atoms with Crippen molar-refractivity contribution in [3.8, 4) is 11.8 Å². The van der Waals surface area contributed by atoms with Gasteiger partial charge in [0.2, 0.25) is 17.5 Å². The molecule has 0 amide bonds. The van der Waals surface area contributed by atoms with Gasteiger partial charge in [-0.05, 0) is 6.07 Å². The molecule has 0 saturated carbocycles. The number of nitrogens with zero attached hydrogens (tertiary/aromatic N) is 2. The highest BCUT2D eigenvalue weighted by atomic mass is 16.5. The molecule has 0 aliphatic rings. The van der Waals surface area contributed by atoms with Crippen LogP contribution < -0.4 is 9.47 Å². The number of benzene rings is 1. The number of ether oxygens (including phenoxy) is 1. The number of rotatable bonds is 1. The molecule has 1 aromatic heterocycles. The SMILES string of the molecule is COc1c[n+]([O-])c2ccccc2c1C#N. The summed E-state index contributed by atoms with van der Waals surface area (Å²) >= 11 is 0. The summed E-state index contributed by atoms with van der Waals surface area (Å²) < 4.78 is 5.69. The lowest BCUT2D eigenvalue weighted by Crippen LogP contribution is -2.27. The Morgan fingerprint density at radius 1 is 1.40 bits per heavy atom. The zero-order chi connectivity index (χ0) is 10.8. The minimum Gasteiger partial charge on any atom is -0.618 e. The van der Waals surface area contributed by atoms with E-state index in [1.165, 1.54) is 13.3 Å². The van der Waals surface area contributed by atoms with Crippen LogP contribution in [0.25, 0.3) is 10.9 Å². The van der Waals surface area contributed by atoms with Crippen LogP contribution in [-0.2, 0) is 0 Å². The van der Waals surface area contributed by atoms with E-state index >= 15 is 0 Å². The van der Waals surface area contributed by atoms with Gasteiger partial charge in [0.1, 0.15) is 11.6 Å². The van der Waals surface area contributed by atoms with Crippen molar-refractivity contribution in [2.24, 2.45) is 0 Å². The highest BCUT2D eigenvalue weighted by Gasteiger charge is 2.14. The van der Waals surface area contributed by atoms with E-state index in [-0.39, 0.29) is 0 Å². The summed E-state index contributed by atoms with van der Waals surface area (Å²) in [7, 11) is 1.44. The molecule has 0 radical (unpaired) electrons. The Labute approximate surface area is 86.5 Å². The smallest absolute Gasteiger partial charge is 0.225 e. The second-order valence-electron chi connectivity index (χ2n) is 3.03. The maximum atomic E-state index is 11.6. The van der Waals surface area contributed by atoms with Gasteiger partial charge in [0.25, 0.3) is 0 Å². The van der Waals surface area contributed by atoms with Crippen LogP contribution in [0.4, 0.5) is 0 Å². The molecule has 74 valence electrons. The van der Waals surface area contributed by atoms with Crippen LogP contribution in [0.3, 0.4) is 0 Å². The summed E-state index contributed by atoms with van der Waals surface area (Å²) in [4.78, 5) is 0. The maximum absolute atomic E-state index is 11.6. The van der Waals surface area contributed by atoms with Gasteiger partial charge in [-0.1, -0.05) is 12.1 Å². The topological polar surface area (TPSA) is 60.0 Å². The number of fused-ring (bicyclic) bond motifs is 1. The molecule has 1 heterocycles. The fraction of sp³-hybridized carbons (Fsp3) is 0.0909. The zero-order valence-electron chi connectivity index (χ0n) is 8.10. The fourth-order valence-corrected chi connectivity index (χ4v) is 1.52. The molecule has 0 spiro atoms. The van der Waals surface area contributed by atoms with Crippen molar-refractivity contribution in [2.45, 2.75) is 0 Å². The number of nitriles is 1. The molecule has 0 aliphatic carbocycles. The largest absolute Gasteiger partial charge is 0.618 e. The van der Waals surface area contributed by atoms with Gasteiger partial charge in [0.15, 0.2) is 0 Å². The lowest BCUT2D eigenvalue weighted by molar-refractivity contribution is -0.577. The van der Waals surface area contributed by atoms with Gasteiger partial charge >= 0.3 is 0 Å². The Morgan fingerprint density at radius 3 is 2.80 bits per heavy atom. The molecule has 0 fully saturated rings. The van der Waals surface area contributed by atoms with Crippen LogP contribution in [0.2, 0.25) is 0 Å². The van der Waals surface area contributed by atoms with E-state index in [0.29, 0.717) is 26.9 Å². The van der Waals surface area contributed by atoms with E-state index in [1.807, 2.05) is 6.07 Å². The molecular weight excluding hydrogens is 192 g/mol. The molecular formula is C11H8N2O2. The number of pyridine rings is 1. The molecule has 0 bridgehead atoms. The standard InChI is InChI=1S/C11H8N2O2/c1-15-11-7-13(14)10-5-3-2-4-8(10)9(11)6-12/h2-5,7H,1H3. The molecule has 2 rings (SSSR count). The van der Waals surface area contributed by atoms with Gasteiger partial charge in [-0.15, -0.1) is 0 Å². The van der Waals surface area contributed by atoms with Gasteiger partial charge < -0.3 is 9.94 Å². The third-order valence-electron chi connectivity index (χ3n) is 2.22. The second-order valence-corrected chi connectivity index (χ2v) is 3.03. The average molecular weight is 200 g/mol. The summed E-state index contributed by atoms with van der Waals surface area (Å²) in [6.45, 7) is 0.